The van der Waals surface area contributed by atoms with E-state index in [1.807, 2.05) is 0 Å². The van der Waals surface area contributed by atoms with E-state index < -0.39 is 58.0 Å². The quantitative estimate of drug-likeness (QED) is 0.270. The van der Waals surface area contributed by atoms with Gasteiger partial charge in [-0.15, -0.1) is 0 Å². The fourth-order valence-corrected chi connectivity index (χ4v) is 5.04. The van der Waals surface area contributed by atoms with Crippen molar-refractivity contribution in [1.29, 1.82) is 0 Å². The number of thioether (sulfide) groups is 1. The molecule has 1 fully saturated rings. The Kier molecular flexibility index (Phi) is 8.70. The van der Waals surface area contributed by atoms with Crippen molar-refractivity contribution in [2.24, 2.45) is 0 Å². The number of halogens is 9. The highest BCUT2D eigenvalue weighted by Crippen LogP contribution is 2.41. The average molecular weight is 577 g/mol. The Balaban J connectivity index is 1.49. The number of hydrogen-bond donors (Lipinski definition) is 0. The number of benzene rings is 3. The molecule has 0 N–H and O–H groups in total. The summed E-state index contributed by atoms with van der Waals surface area (Å²) in [4.78, 5) is 0. The molecule has 2 unspecified atom stereocenters. The Morgan fingerprint density at radius 3 is 1.92 bits per heavy atom. The Labute approximate surface area is 222 Å². The van der Waals surface area contributed by atoms with E-state index in [-0.39, 0.29) is 41.7 Å². The second-order valence-corrected chi connectivity index (χ2v) is 10.1. The van der Waals surface area contributed by atoms with Crippen molar-refractivity contribution in [2.75, 3.05) is 12.4 Å². The zero-order chi connectivity index (χ0) is 28.5. The molecule has 0 aliphatic carbocycles. The van der Waals surface area contributed by atoms with Crippen LogP contribution in [0.3, 0.4) is 0 Å². The zero-order valence-electron chi connectivity index (χ0n) is 20.3. The van der Waals surface area contributed by atoms with E-state index in [2.05, 4.69) is 0 Å². The van der Waals surface area contributed by atoms with Crippen molar-refractivity contribution < 1.29 is 44.3 Å². The molecule has 0 spiro atoms. The van der Waals surface area contributed by atoms with Crippen molar-refractivity contribution in [3.8, 4) is 11.1 Å². The summed E-state index contributed by atoms with van der Waals surface area (Å²) in [5.41, 5.74) is -1.88. The number of alkyl halides is 3. The molecule has 11 heteroatoms. The van der Waals surface area contributed by atoms with Crippen molar-refractivity contribution in [1.82, 2.24) is 0 Å². The molecule has 39 heavy (non-hydrogen) atoms. The normalized spacial score (nSPS) is 18.7. The van der Waals surface area contributed by atoms with Crippen LogP contribution >= 0.6 is 11.8 Å². The summed E-state index contributed by atoms with van der Waals surface area (Å²) >= 11 is 0.709. The lowest BCUT2D eigenvalue weighted by Crippen LogP contribution is -2.22. The fraction of sp³-hybridized carbons (Fsp3) is 0.286. The van der Waals surface area contributed by atoms with Gasteiger partial charge in [-0.25, -0.2) is 22.0 Å². The van der Waals surface area contributed by atoms with Crippen LogP contribution in [0.4, 0.5) is 39.5 Å². The smallest absolute Gasteiger partial charge is 0.373 e. The van der Waals surface area contributed by atoms with E-state index in [1.165, 1.54) is 24.3 Å². The minimum absolute atomic E-state index is 0.0171. The van der Waals surface area contributed by atoms with Crippen molar-refractivity contribution in [3.63, 3.8) is 0 Å². The SMILES string of the molecule is CCSC(F)=C(F)c1ccc(-c2cc(F)c(C3CCC(c4cc(F)c(C(F)(F)F)c(F)c4)OC3)c(F)c2)cc1. The number of hydrogen-bond acceptors (Lipinski definition) is 2. The molecular weight excluding hydrogens is 555 g/mol. The van der Waals surface area contributed by atoms with Gasteiger partial charge in [0.1, 0.15) is 28.8 Å². The van der Waals surface area contributed by atoms with E-state index in [1.54, 1.807) is 6.92 Å². The topological polar surface area (TPSA) is 9.23 Å². The van der Waals surface area contributed by atoms with Gasteiger partial charge in [0.05, 0.1) is 12.7 Å². The van der Waals surface area contributed by atoms with Gasteiger partial charge in [0.15, 0.2) is 11.0 Å². The summed E-state index contributed by atoms with van der Waals surface area (Å²) in [6.45, 7) is 1.44. The molecular formula is C28H21F9OS. The molecule has 1 heterocycles. The van der Waals surface area contributed by atoms with Crippen LogP contribution in [0.1, 0.15) is 54.0 Å². The molecule has 4 rings (SSSR count). The first-order valence-corrected chi connectivity index (χ1v) is 12.8. The van der Waals surface area contributed by atoms with Gasteiger partial charge in [-0.3, -0.25) is 0 Å². The third-order valence-electron chi connectivity index (χ3n) is 6.40. The fourth-order valence-electron chi connectivity index (χ4n) is 4.55. The summed E-state index contributed by atoms with van der Waals surface area (Å²) in [7, 11) is 0. The van der Waals surface area contributed by atoms with Crippen LogP contribution in [0, 0.1) is 23.3 Å². The maximum atomic E-state index is 15.0. The summed E-state index contributed by atoms with van der Waals surface area (Å²) in [6.07, 6.45) is -5.95. The molecule has 2 atom stereocenters. The molecule has 1 saturated heterocycles. The van der Waals surface area contributed by atoms with Crippen molar-refractivity contribution in [3.05, 3.63) is 99.2 Å². The molecule has 3 aromatic carbocycles. The maximum absolute atomic E-state index is 15.0. The van der Waals surface area contributed by atoms with E-state index in [0.29, 0.717) is 35.2 Å². The Hall–Kier alpha value is -2.92. The van der Waals surface area contributed by atoms with Crippen molar-refractivity contribution in [2.45, 2.75) is 38.0 Å². The lowest BCUT2D eigenvalue weighted by Gasteiger charge is -2.30. The third-order valence-corrected chi connectivity index (χ3v) is 7.12. The molecule has 0 aromatic heterocycles. The summed E-state index contributed by atoms with van der Waals surface area (Å²) in [5, 5.41) is -0.961. The zero-order valence-corrected chi connectivity index (χ0v) is 21.1. The second-order valence-electron chi connectivity index (χ2n) is 8.91. The van der Waals surface area contributed by atoms with Gasteiger partial charge in [-0.05, 0) is 59.6 Å². The number of rotatable bonds is 6. The van der Waals surface area contributed by atoms with E-state index in [0.717, 1.165) is 12.1 Å². The predicted octanol–water partition coefficient (Wildman–Crippen LogP) is 9.88. The number of ether oxygens (including phenoxy) is 1. The van der Waals surface area contributed by atoms with Crippen molar-refractivity contribution >= 4 is 17.6 Å². The Bertz CT molecular complexity index is 1330. The largest absolute Gasteiger partial charge is 0.422 e. The molecule has 1 aliphatic heterocycles. The highest BCUT2D eigenvalue weighted by molar-refractivity contribution is 8.03. The van der Waals surface area contributed by atoms with Crippen LogP contribution in [0.2, 0.25) is 0 Å². The monoisotopic (exact) mass is 576 g/mol. The van der Waals surface area contributed by atoms with Gasteiger partial charge in [-0.1, -0.05) is 43.0 Å². The van der Waals surface area contributed by atoms with Gasteiger partial charge in [0, 0.05) is 17.0 Å². The Morgan fingerprint density at radius 1 is 0.846 bits per heavy atom. The second kappa shape index (κ2) is 11.7. The summed E-state index contributed by atoms with van der Waals surface area (Å²) in [6, 6.07) is 8.71. The molecule has 0 saturated carbocycles. The first-order chi connectivity index (χ1) is 18.4. The third kappa shape index (κ3) is 6.30. The van der Waals surface area contributed by atoms with E-state index >= 15 is 8.78 Å². The molecule has 1 nitrogen and oxygen atoms in total. The summed E-state index contributed by atoms with van der Waals surface area (Å²) < 4.78 is 130. The van der Waals surface area contributed by atoms with Gasteiger partial charge < -0.3 is 4.74 Å². The van der Waals surface area contributed by atoms with Gasteiger partial charge in [0.2, 0.25) is 0 Å². The van der Waals surface area contributed by atoms with Crippen LogP contribution in [0.5, 0.6) is 0 Å². The highest BCUT2D eigenvalue weighted by atomic mass is 32.2. The van der Waals surface area contributed by atoms with Gasteiger partial charge >= 0.3 is 6.18 Å². The molecule has 0 amide bonds. The Morgan fingerprint density at radius 2 is 1.44 bits per heavy atom. The van der Waals surface area contributed by atoms with Crippen LogP contribution in [-0.2, 0) is 10.9 Å². The van der Waals surface area contributed by atoms with Gasteiger partial charge in [-0.2, -0.15) is 17.6 Å². The first kappa shape index (κ1) is 29.1. The summed E-state index contributed by atoms with van der Waals surface area (Å²) in [5.74, 6) is -6.71. The standard InChI is InChI=1S/C28H21F9OS/c1-2-39-27(34)26(33)15-5-3-14(4-6-15)17-9-19(29)24(20(30)10-17)16-7-8-23(38-13-16)18-11-21(31)25(22(32)12-18)28(35,36)37/h3-6,9-12,16,23H,2,7-8,13H2,1H3. The average Bonchev–Trinajstić information content (AvgIpc) is 2.87. The van der Waals surface area contributed by atoms with Crippen LogP contribution in [0.15, 0.2) is 53.7 Å². The van der Waals surface area contributed by atoms with Crippen LogP contribution < -0.4 is 0 Å². The van der Waals surface area contributed by atoms with Crippen LogP contribution in [0.25, 0.3) is 17.0 Å². The highest BCUT2D eigenvalue weighted by Gasteiger charge is 2.39. The van der Waals surface area contributed by atoms with Gasteiger partial charge in [0.25, 0.3) is 0 Å². The molecule has 0 bridgehead atoms. The van der Waals surface area contributed by atoms with E-state index in [9.17, 15) is 30.7 Å². The lowest BCUT2D eigenvalue weighted by atomic mass is 9.87. The first-order valence-electron chi connectivity index (χ1n) is 11.9. The van der Waals surface area contributed by atoms with Crippen LogP contribution in [-0.4, -0.2) is 12.4 Å². The minimum Gasteiger partial charge on any atom is -0.373 e. The van der Waals surface area contributed by atoms with E-state index in [4.69, 9.17) is 4.74 Å². The molecule has 208 valence electrons. The lowest BCUT2D eigenvalue weighted by molar-refractivity contribution is -0.142. The maximum Gasteiger partial charge on any atom is 0.422 e. The molecule has 0 radical (unpaired) electrons. The molecule has 3 aromatic rings. The minimum atomic E-state index is -5.20. The predicted molar refractivity (Wildman–Crippen MR) is 131 cm³/mol. The molecule has 1 aliphatic rings.